The van der Waals surface area contributed by atoms with Crippen LogP contribution in [0.2, 0.25) is 0 Å². The van der Waals surface area contributed by atoms with Gasteiger partial charge in [-0.3, -0.25) is 9.59 Å². The molecule has 1 saturated heterocycles. The third-order valence-corrected chi connectivity index (χ3v) is 7.02. The fourth-order valence-corrected chi connectivity index (χ4v) is 5.15. The molecule has 1 aromatic carbocycles. The molecule has 8 nitrogen and oxygen atoms in total. The molecule has 0 saturated carbocycles. The van der Waals surface area contributed by atoms with E-state index in [9.17, 15) is 18.0 Å². The SMILES string of the molecule is CCN(CC)C(=O)Cn1cc(S(=O)(=O)CC(=O)NCC2CCCO2)c2ccccc21. The van der Waals surface area contributed by atoms with Gasteiger partial charge in [-0.1, -0.05) is 18.2 Å². The molecule has 1 N–H and O–H groups in total. The summed E-state index contributed by atoms with van der Waals surface area (Å²) < 4.78 is 33.1. The van der Waals surface area contributed by atoms with Gasteiger partial charge in [0.15, 0.2) is 9.84 Å². The smallest absolute Gasteiger partial charge is 0.242 e. The van der Waals surface area contributed by atoms with Crippen LogP contribution >= 0.6 is 0 Å². The number of aromatic nitrogens is 1. The molecule has 1 aromatic heterocycles. The van der Waals surface area contributed by atoms with Crippen LogP contribution in [0.15, 0.2) is 35.4 Å². The van der Waals surface area contributed by atoms with Gasteiger partial charge in [0.1, 0.15) is 12.3 Å². The van der Waals surface area contributed by atoms with Crippen molar-refractivity contribution in [2.24, 2.45) is 0 Å². The van der Waals surface area contributed by atoms with Crippen LogP contribution in [0.5, 0.6) is 0 Å². The molecule has 3 rings (SSSR count). The fraction of sp³-hybridized carbons (Fsp3) is 0.524. The van der Waals surface area contributed by atoms with Crippen molar-refractivity contribution in [3.8, 4) is 0 Å². The quantitative estimate of drug-likeness (QED) is 0.645. The van der Waals surface area contributed by atoms with Crippen LogP contribution < -0.4 is 5.32 Å². The molecule has 0 radical (unpaired) electrons. The number of benzene rings is 1. The van der Waals surface area contributed by atoms with E-state index in [2.05, 4.69) is 5.32 Å². The summed E-state index contributed by atoms with van der Waals surface area (Å²) >= 11 is 0. The summed E-state index contributed by atoms with van der Waals surface area (Å²) in [4.78, 5) is 26.6. The van der Waals surface area contributed by atoms with E-state index in [4.69, 9.17) is 4.74 Å². The summed E-state index contributed by atoms with van der Waals surface area (Å²) in [7, 11) is -3.88. The molecule has 30 heavy (non-hydrogen) atoms. The predicted octanol–water partition coefficient (Wildman–Crippen LogP) is 1.58. The molecule has 2 heterocycles. The first-order valence-electron chi connectivity index (χ1n) is 10.3. The second-order valence-corrected chi connectivity index (χ2v) is 9.36. The van der Waals surface area contributed by atoms with Gasteiger partial charge < -0.3 is 19.5 Å². The number of likely N-dealkylation sites (N-methyl/N-ethyl adjacent to an activating group) is 1. The third kappa shape index (κ3) is 5.02. The number of fused-ring (bicyclic) bond motifs is 1. The molecular formula is C21H29N3O5S. The van der Waals surface area contributed by atoms with Crippen molar-refractivity contribution < 1.29 is 22.7 Å². The Kier molecular flexibility index (Phi) is 7.14. The largest absolute Gasteiger partial charge is 0.376 e. The highest BCUT2D eigenvalue weighted by Gasteiger charge is 2.26. The number of nitrogens with one attached hydrogen (secondary N) is 1. The summed E-state index contributed by atoms with van der Waals surface area (Å²) in [5.74, 6) is -1.28. The minimum Gasteiger partial charge on any atom is -0.376 e. The van der Waals surface area contributed by atoms with Crippen molar-refractivity contribution in [3.05, 3.63) is 30.5 Å². The maximum absolute atomic E-state index is 13.0. The Morgan fingerprint density at radius 3 is 2.63 bits per heavy atom. The van der Waals surface area contributed by atoms with Crippen LogP contribution in [0, 0.1) is 0 Å². The van der Waals surface area contributed by atoms with E-state index < -0.39 is 21.5 Å². The number of nitrogens with zero attached hydrogens (tertiary/aromatic N) is 2. The molecule has 1 unspecified atom stereocenters. The minimum atomic E-state index is -3.88. The zero-order valence-corrected chi connectivity index (χ0v) is 18.3. The molecule has 1 aliphatic heterocycles. The Hall–Kier alpha value is -2.39. The van der Waals surface area contributed by atoms with Gasteiger partial charge in [0, 0.05) is 43.3 Å². The molecule has 9 heteroatoms. The Balaban J connectivity index is 1.80. The van der Waals surface area contributed by atoms with Gasteiger partial charge in [-0.2, -0.15) is 0 Å². The van der Waals surface area contributed by atoms with E-state index in [0.717, 1.165) is 12.8 Å². The Morgan fingerprint density at radius 1 is 1.23 bits per heavy atom. The minimum absolute atomic E-state index is 0.0446. The Morgan fingerprint density at radius 2 is 1.97 bits per heavy atom. The molecule has 1 fully saturated rings. The Labute approximate surface area is 177 Å². The standard InChI is InChI=1S/C21H29N3O5S/c1-3-23(4-2)21(26)14-24-13-19(17-9-5-6-10-18(17)24)30(27,28)15-20(25)22-12-16-8-7-11-29-16/h5-6,9-10,13,16H,3-4,7-8,11-12,14-15H2,1-2H3,(H,22,25). The number of carbonyl (C=O) groups is 2. The molecule has 2 aromatic rings. The lowest BCUT2D eigenvalue weighted by atomic mass is 10.2. The van der Waals surface area contributed by atoms with Gasteiger partial charge in [0.25, 0.3) is 0 Å². The van der Waals surface area contributed by atoms with Crippen LogP contribution in [0.25, 0.3) is 10.9 Å². The summed E-state index contributed by atoms with van der Waals surface area (Å²) in [5.41, 5.74) is 0.649. The number of sulfone groups is 1. The van der Waals surface area contributed by atoms with E-state index in [-0.39, 0.29) is 23.5 Å². The van der Waals surface area contributed by atoms with E-state index in [1.54, 1.807) is 33.7 Å². The molecule has 164 valence electrons. The highest BCUT2D eigenvalue weighted by Crippen LogP contribution is 2.26. The number of para-hydroxylation sites is 1. The van der Waals surface area contributed by atoms with Crippen molar-refractivity contribution in [3.63, 3.8) is 0 Å². The maximum Gasteiger partial charge on any atom is 0.242 e. The normalized spacial score (nSPS) is 16.7. The lowest BCUT2D eigenvalue weighted by Gasteiger charge is -2.19. The number of carbonyl (C=O) groups excluding carboxylic acids is 2. The lowest BCUT2D eigenvalue weighted by Crippen LogP contribution is -2.35. The maximum atomic E-state index is 13.0. The predicted molar refractivity (Wildman–Crippen MR) is 114 cm³/mol. The van der Waals surface area contributed by atoms with Crippen molar-refractivity contribution in [2.75, 3.05) is 32.0 Å². The topological polar surface area (TPSA) is 97.7 Å². The van der Waals surface area contributed by atoms with Gasteiger partial charge in [0.05, 0.1) is 11.0 Å². The number of rotatable bonds is 9. The third-order valence-electron chi connectivity index (χ3n) is 5.38. The van der Waals surface area contributed by atoms with Gasteiger partial charge in [-0.15, -0.1) is 0 Å². The first-order valence-corrected chi connectivity index (χ1v) is 12.0. The first kappa shape index (κ1) is 22.3. The molecule has 0 aliphatic carbocycles. The van der Waals surface area contributed by atoms with Gasteiger partial charge in [-0.25, -0.2) is 8.42 Å². The first-order chi connectivity index (χ1) is 14.4. The lowest BCUT2D eigenvalue weighted by molar-refractivity contribution is -0.131. The fourth-order valence-electron chi connectivity index (χ4n) is 3.75. The number of hydrogen-bond donors (Lipinski definition) is 1. The van der Waals surface area contributed by atoms with Crippen molar-refractivity contribution in [2.45, 2.75) is 44.2 Å². The van der Waals surface area contributed by atoms with Crippen LogP contribution in [-0.2, 0) is 30.7 Å². The van der Waals surface area contributed by atoms with Crippen LogP contribution in [0.3, 0.4) is 0 Å². The molecule has 0 bridgehead atoms. The van der Waals surface area contributed by atoms with E-state index >= 15 is 0 Å². The van der Waals surface area contributed by atoms with E-state index in [0.29, 0.717) is 37.1 Å². The summed E-state index contributed by atoms with van der Waals surface area (Å²) in [6.45, 7) is 6.01. The number of amides is 2. The molecular weight excluding hydrogens is 406 g/mol. The van der Waals surface area contributed by atoms with Gasteiger partial charge in [-0.05, 0) is 32.8 Å². The average Bonchev–Trinajstić information content (AvgIpc) is 3.36. The number of ether oxygens (including phenoxy) is 1. The Bertz CT molecular complexity index is 1000. The zero-order valence-electron chi connectivity index (χ0n) is 17.5. The number of hydrogen-bond acceptors (Lipinski definition) is 5. The second-order valence-electron chi connectivity index (χ2n) is 7.40. The van der Waals surface area contributed by atoms with E-state index in [1.807, 2.05) is 13.8 Å². The van der Waals surface area contributed by atoms with Gasteiger partial charge >= 0.3 is 0 Å². The molecule has 0 spiro atoms. The second kappa shape index (κ2) is 9.61. The van der Waals surface area contributed by atoms with Crippen molar-refractivity contribution in [1.29, 1.82) is 0 Å². The average molecular weight is 436 g/mol. The highest BCUT2D eigenvalue weighted by atomic mass is 32.2. The molecule has 1 aliphatic rings. The monoisotopic (exact) mass is 435 g/mol. The van der Waals surface area contributed by atoms with Crippen LogP contribution in [0.1, 0.15) is 26.7 Å². The summed E-state index contributed by atoms with van der Waals surface area (Å²) in [6, 6.07) is 7.02. The van der Waals surface area contributed by atoms with E-state index in [1.165, 1.54) is 6.20 Å². The molecule has 1 atom stereocenters. The summed E-state index contributed by atoms with van der Waals surface area (Å²) in [6.07, 6.45) is 3.23. The molecule has 2 amide bonds. The van der Waals surface area contributed by atoms with Gasteiger partial charge in [0.2, 0.25) is 11.8 Å². The highest BCUT2D eigenvalue weighted by molar-refractivity contribution is 7.92. The van der Waals surface area contributed by atoms with Crippen molar-refractivity contribution >= 4 is 32.6 Å². The van der Waals surface area contributed by atoms with Crippen LogP contribution in [0.4, 0.5) is 0 Å². The zero-order chi connectivity index (χ0) is 21.7. The summed E-state index contributed by atoms with van der Waals surface area (Å²) in [5, 5.41) is 3.17. The van der Waals surface area contributed by atoms with Crippen molar-refractivity contribution in [1.82, 2.24) is 14.8 Å². The van der Waals surface area contributed by atoms with Crippen LogP contribution in [-0.4, -0.2) is 67.8 Å².